The van der Waals surface area contributed by atoms with Crippen molar-refractivity contribution in [3.63, 3.8) is 0 Å². The fourth-order valence-corrected chi connectivity index (χ4v) is 7.93. The number of phenols is 1. The van der Waals surface area contributed by atoms with Crippen LogP contribution in [0.5, 0.6) is 11.5 Å². The molecule has 0 aromatic heterocycles. The first-order valence-corrected chi connectivity index (χ1v) is 12.7. The molecular weight excluding hydrogens is 434 g/mol. The van der Waals surface area contributed by atoms with Crippen molar-refractivity contribution >= 4 is 11.9 Å². The molecule has 0 saturated heterocycles. The van der Waals surface area contributed by atoms with Crippen LogP contribution in [-0.2, 0) is 17.8 Å². The number of aliphatic hydroxyl groups excluding tert-OH is 1. The van der Waals surface area contributed by atoms with Crippen molar-refractivity contribution in [1.82, 2.24) is 4.90 Å². The topological polar surface area (TPSA) is 107 Å². The molecule has 5 unspecified atom stereocenters. The van der Waals surface area contributed by atoms with Crippen molar-refractivity contribution in [2.75, 3.05) is 6.54 Å². The lowest BCUT2D eigenvalue weighted by atomic mass is 9.43. The lowest BCUT2D eigenvalue weighted by molar-refractivity contribution is -0.210. The molecule has 1 amide bonds. The van der Waals surface area contributed by atoms with Crippen LogP contribution in [0.4, 0.5) is 0 Å². The van der Waals surface area contributed by atoms with Crippen molar-refractivity contribution in [3.8, 4) is 11.5 Å². The number of aliphatic hydroxyl groups is 1. The summed E-state index contributed by atoms with van der Waals surface area (Å²) in [7, 11) is 0. The zero-order chi connectivity index (χ0) is 24.6. The molecule has 2 aliphatic heterocycles. The van der Waals surface area contributed by atoms with E-state index in [4.69, 9.17) is 9.84 Å². The maximum absolute atomic E-state index is 13.1. The van der Waals surface area contributed by atoms with Gasteiger partial charge in [-0.15, -0.1) is 0 Å². The number of carboxylic acids is 1. The number of nitrogens with zero attached hydrogens (tertiary/aromatic N) is 1. The number of hydrogen-bond acceptors (Lipinski definition) is 5. The third-order valence-corrected chi connectivity index (χ3v) is 9.99. The average Bonchev–Trinajstić information content (AvgIpc) is 3.31. The zero-order valence-corrected chi connectivity index (χ0v) is 20.7. The molecule has 5 rings (SSSR count). The van der Waals surface area contributed by atoms with Gasteiger partial charge in [-0.3, -0.25) is 9.59 Å². The first-order chi connectivity index (χ1) is 15.9. The normalized spacial score (nSPS) is 35.6. The minimum atomic E-state index is -0.873. The van der Waals surface area contributed by atoms with Gasteiger partial charge >= 0.3 is 5.97 Å². The van der Waals surface area contributed by atoms with E-state index >= 15 is 0 Å². The van der Waals surface area contributed by atoms with Crippen molar-refractivity contribution in [2.24, 2.45) is 22.7 Å². The summed E-state index contributed by atoms with van der Waals surface area (Å²) in [6, 6.07) is 1.58. The summed E-state index contributed by atoms with van der Waals surface area (Å²) in [6.07, 6.45) is 4.31. The molecule has 5 atom stereocenters. The van der Waals surface area contributed by atoms with E-state index in [1.807, 2.05) is 0 Å². The second-order valence-electron chi connectivity index (χ2n) is 11.9. The van der Waals surface area contributed by atoms with Gasteiger partial charge in [0.2, 0.25) is 0 Å². The highest BCUT2D eigenvalue weighted by Gasteiger charge is 2.67. The first-order valence-electron chi connectivity index (χ1n) is 12.7. The molecule has 2 heterocycles. The van der Waals surface area contributed by atoms with Crippen LogP contribution in [-0.4, -0.2) is 50.3 Å². The molecule has 4 aliphatic rings. The van der Waals surface area contributed by atoms with Gasteiger partial charge < -0.3 is 25.0 Å². The molecule has 1 aromatic carbocycles. The Bertz CT molecular complexity index is 1050. The second kappa shape index (κ2) is 7.61. The summed E-state index contributed by atoms with van der Waals surface area (Å²) in [6.45, 7) is 9.65. The van der Waals surface area contributed by atoms with E-state index in [0.29, 0.717) is 43.2 Å². The lowest BCUT2D eigenvalue weighted by Gasteiger charge is -2.64. The minimum Gasteiger partial charge on any atom is -0.508 e. The molecule has 7 nitrogen and oxygen atoms in total. The van der Waals surface area contributed by atoms with Gasteiger partial charge in [0, 0.05) is 35.9 Å². The van der Waals surface area contributed by atoms with Crippen molar-refractivity contribution < 1.29 is 29.6 Å². The van der Waals surface area contributed by atoms with Crippen molar-refractivity contribution in [1.29, 1.82) is 0 Å². The molecule has 2 saturated carbocycles. The van der Waals surface area contributed by atoms with E-state index in [1.54, 1.807) is 11.0 Å². The average molecular weight is 472 g/mol. The van der Waals surface area contributed by atoms with E-state index < -0.39 is 11.6 Å². The van der Waals surface area contributed by atoms with Crippen LogP contribution >= 0.6 is 0 Å². The fourth-order valence-electron chi connectivity index (χ4n) is 7.93. The van der Waals surface area contributed by atoms with Crippen molar-refractivity contribution in [2.45, 2.75) is 90.9 Å². The third kappa shape index (κ3) is 3.05. The summed E-state index contributed by atoms with van der Waals surface area (Å²) in [5.74, 6) is 0.277. The Morgan fingerprint density at radius 2 is 1.94 bits per heavy atom. The van der Waals surface area contributed by atoms with E-state index in [1.165, 1.54) is 0 Å². The largest absolute Gasteiger partial charge is 0.508 e. The molecule has 0 radical (unpaired) electrons. The van der Waals surface area contributed by atoms with Crippen LogP contribution in [0.1, 0.15) is 87.7 Å². The molecule has 1 aromatic rings. The Kier molecular flexibility index (Phi) is 5.25. The molecule has 2 fully saturated rings. The van der Waals surface area contributed by atoms with E-state index in [9.17, 15) is 19.8 Å². The van der Waals surface area contributed by atoms with Crippen LogP contribution in [0.15, 0.2) is 6.07 Å². The van der Waals surface area contributed by atoms with Crippen LogP contribution < -0.4 is 4.74 Å². The number of hydrogen-bond donors (Lipinski definition) is 3. The monoisotopic (exact) mass is 471 g/mol. The number of carbonyl (C=O) groups excluding carboxylic acids is 1. The second-order valence-corrected chi connectivity index (χ2v) is 11.9. The summed E-state index contributed by atoms with van der Waals surface area (Å²) < 4.78 is 7.00. The van der Waals surface area contributed by atoms with Crippen LogP contribution in [0.2, 0.25) is 0 Å². The van der Waals surface area contributed by atoms with Crippen LogP contribution in [0.25, 0.3) is 0 Å². The summed E-state index contributed by atoms with van der Waals surface area (Å²) >= 11 is 0. The third-order valence-electron chi connectivity index (χ3n) is 9.99. The molecule has 0 bridgehead atoms. The number of fused-ring (bicyclic) bond motifs is 5. The van der Waals surface area contributed by atoms with E-state index in [-0.39, 0.29) is 40.9 Å². The summed E-state index contributed by atoms with van der Waals surface area (Å²) in [4.78, 5) is 25.6. The first kappa shape index (κ1) is 23.5. The Balaban J connectivity index is 1.52. The Labute approximate surface area is 201 Å². The maximum Gasteiger partial charge on any atom is 0.303 e. The van der Waals surface area contributed by atoms with Gasteiger partial charge in [-0.2, -0.15) is 0 Å². The summed E-state index contributed by atoms with van der Waals surface area (Å²) in [5, 5.41) is 30.8. The van der Waals surface area contributed by atoms with Gasteiger partial charge in [0.15, 0.2) is 0 Å². The Morgan fingerprint density at radius 3 is 2.65 bits per heavy atom. The van der Waals surface area contributed by atoms with Gasteiger partial charge in [0.25, 0.3) is 5.91 Å². The molecule has 2 aliphatic carbocycles. The zero-order valence-electron chi connectivity index (χ0n) is 20.7. The standard InChI is InChI=1S/C27H37NO6/c1-15-7-8-20-25(2,3)21(30)9-10-26(20,4)27(15)13-17-19(29)12-16-18(23(17)34-27)14-28(24(16)33)11-5-6-22(31)32/h12,15,20-21,29-30H,5-11,13-14H2,1-4H3,(H,31,32). The molecule has 34 heavy (non-hydrogen) atoms. The molecule has 1 spiro atoms. The quantitative estimate of drug-likeness (QED) is 0.610. The number of phenolic OH excluding ortho intramolecular Hbond substituents is 1. The van der Waals surface area contributed by atoms with Crippen molar-refractivity contribution in [3.05, 3.63) is 22.8 Å². The van der Waals surface area contributed by atoms with E-state index in [2.05, 4.69) is 27.7 Å². The number of carboxylic acid groups (broad SMARTS) is 1. The number of carbonyl (C=O) groups is 2. The highest BCUT2D eigenvalue weighted by atomic mass is 16.5. The highest BCUT2D eigenvalue weighted by Crippen LogP contribution is 2.67. The van der Waals surface area contributed by atoms with Crippen LogP contribution in [0, 0.1) is 22.7 Å². The van der Waals surface area contributed by atoms with E-state index in [0.717, 1.165) is 36.8 Å². The van der Waals surface area contributed by atoms with Gasteiger partial charge in [0.05, 0.1) is 18.2 Å². The smallest absolute Gasteiger partial charge is 0.303 e. The number of aliphatic carboxylic acids is 1. The predicted octanol–water partition coefficient (Wildman–Crippen LogP) is 4.12. The predicted molar refractivity (Wildman–Crippen MR) is 126 cm³/mol. The van der Waals surface area contributed by atoms with Gasteiger partial charge in [0.1, 0.15) is 17.1 Å². The molecular formula is C27H37NO6. The van der Waals surface area contributed by atoms with Crippen LogP contribution in [0.3, 0.4) is 0 Å². The number of benzene rings is 1. The maximum atomic E-state index is 13.1. The minimum absolute atomic E-state index is 0.0159. The SMILES string of the molecule is CC1CCC2C(C)(C)C(O)CCC2(C)C12Cc1c(O)cc3c(c1O2)CN(CCCC(=O)O)C3=O. The van der Waals surface area contributed by atoms with Gasteiger partial charge in [-0.05, 0) is 55.4 Å². The molecule has 186 valence electrons. The number of rotatable bonds is 4. The number of aromatic hydroxyl groups is 1. The highest BCUT2D eigenvalue weighted by molar-refractivity contribution is 6.00. The van der Waals surface area contributed by atoms with Gasteiger partial charge in [-0.1, -0.05) is 27.7 Å². The molecule has 3 N–H and O–H groups in total. The molecule has 7 heteroatoms. The number of amides is 1. The lowest BCUT2D eigenvalue weighted by Crippen LogP contribution is -2.66. The van der Waals surface area contributed by atoms with Gasteiger partial charge in [-0.25, -0.2) is 0 Å². The summed E-state index contributed by atoms with van der Waals surface area (Å²) in [5.41, 5.74) is 1.18. The number of ether oxygens (including phenoxy) is 1. The fraction of sp³-hybridized carbons (Fsp3) is 0.704. The Hall–Kier alpha value is -2.28. The Morgan fingerprint density at radius 1 is 1.21 bits per heavy atom.